The van der Waals surface area contributed by atoms with Crippen LogP contribution in [-0.2, 0) is 13.6 Å². The maximum Gasteiger partial charge on any atom is 0.192 e. The Kier molecular flexibility index (Phi) is 7.69. The summed E-state index contributed by atoms with van der Waals surface area (Å²) < 4.78 is 21.9. The number of anilines is 1. The Hall–Kier alpha value is -2.03. The van der Waals surface area contributed by atoms with E-state index in [1.807, 2.05) is 11.5 Å². The fraction of sp³-hybridized carbons (Fsp3) is 0.783. The van der Waals surface area contributed by atoms with Crippen LogP contribution >= 0.6 is 0 Å². The molecule has 1 aliphatic heterocycles. The maximum atomic E-state index is 9.56. The van der Waals surface area contributed by atoms with Gasteiger partial charge in [-0.25, -0.2) is 15.0 Å². The number of nitrogens with two attached hydrogens (primary N) is 1. The fourth-order valence-corrected chi connectivity index (χ4v) is 6.10. The van der Waals surface area contributed by atoms with Gasteiger partial charge in [-0.2, -0.15) is 0 Å². The second kappa shape index (κ2) is 9.69. The van der Waals surface area contributed by atoms with Gasteiger partial charge in [0.1, 0.15) is 30.5 Å². The van der Waals surface area contributed by atoms with E-state index in [1.54, 1.807) is 0 Å². The number of ether oxygens (including phenoxy) is 1. The number of rotatable bonds is 7. The van der Waals surface area contributed by atoms with Gasteiger partial charge in [0.15, 0.2) is 33.6 Å². The molecule has 0 radical (unpaired) electrons. The first-order chi connectivity index (χ1) is 16.4. The summed E-state index contributed by atoms with van der Waals surface area (Å²) in [6, 6.07) is -0.649. The number of aryl methyl sites for hydroxylation is 1. The van der Waals surface area contributed by atoms with E-state index in [0.29, 0.717) is 23.6 Å². The third-order valence-electron chi connectivity index (χ3n) is 8.08. The average molecular weight is 535 g/mol. The van der Waals surface area contributed by atoms with Crippen LogP contribution in [0, 0.1) is 6.92 Å². The van der Waals surface area contributed by atoms with E-state index in [1.165, 1.54) is 6.33 Å². The minimum absolute atomic E-state index is 0.0383. The molecule has 0 bridgehead atoms. The predicted molar refractivity (Wildman–Crippen MR) is 147 cm³/mol. The molecule has 36 heavy (non-hydrogen) atoms. The van der Waals surface area contributed by atoms with Crippen molar-refractivity contribution >= 4 is 33.6 Å². The van der Waals surface area contributed by atoms with Crippen molar-refractivity contribution in [3.63, 3.8) is 0 Å². The molecule has 0 amide bonds. The summed E-state index contributed by atoms with van der Waals surface area (Å²) in [7, 11) is -4.33. The molecule has 4 atom stereocenters. The van der Waals surface area contributed by atoms with E-state index in [4.69, 9.17) is 19.3 Å². The van der Waals surface area contributed by atoms with Gasteiger partial charge in [0.25, 0.3) is 0 Å². The third-order valence-corrected chi connectivity index (χ3v) is 17.1. The molecule has 1 saturated heterocycles. The highest BCUT2D eigenvalue weighted by molar-refractivity contribution is 6.74. The first kappa shape index (κ1) is 28.5. The molecular weight excluding hydrogens is 492 g/mol. The standard InChI is InChI=1S/C23H42N8O3Si2/c1-14-28-17-19(24)26-13-27-20(17)31(14)21-16(29-30-25)18(34-36(10,11)23(5,6)7)15(33-21)12-32-35(8,9)22(2,3)4/h13,15-16,18,21H,12H2,1-11H3,(H2,24,26,27)/t15-,16-,18-,21-/m1/s1. The summed E-state index contributed by atoms with van der Waals surface area (Å²) in [6.07, 6.45) is -0.213. The van der Waals surface area contributed by atoms with E-state index in [2.05, 4.69) is 92.7 Å². The number of imidazole rings is 1. The van der Waals surface area contributed by atoms with Gasteiger partial charge in [-0.05, 0) is 48.7 Å². The number of fused-ring (bicyclic) bond motifs is 1. The van der Waals surface area contributed by atoms with Crippen molar-refractivity contribution in [2.75, 3.05) is 12.3 Å². The molecule has 0 saturated carbocycles. The van der Waals surface area contributed by atoms with Crippen molar-refractivity contribution < 1.29 is 13.6 Å². The SMILES string of the molecule is Cc1nc2c(N)ncnc2n1[C@@H]1O[C@H](CO[Si](C)(C)C(C)(C)C)[C@@H](O[Si](C)(C)C(C)(C)C)[C@H]1N=[N+]=[N-]. The van der Waals surface area contributed by atoms with Gasteiger partial charge in [0.05, 0.1) is 12.7 Å². The minimum atomic E-state index is -2.26. The lowest BCUT2D eigenvalue weighted by Gasteiger charge is -2.41. The van der Waals surface area contributed by atoms with Gasteiger partial charge >= 0.3 is 0 Å². The molecule has 0 aromatic carbocycles. The zero-order chi connectivity index (χ0) is 27.3. The Balaban J connectivity index is 2.09. The maximum absolute atomic E-state index is 9.56. The largest absolute Gasteiger partial charge is 0.414 e. The molecule has 2 aromatic heterocycles. The van der Waals surface area contributed by atoms with Crippen LogP contribution in [0.1, 0.15) is 53.6 Å². The van der Waals surface area contributed by atoms with Crippen LogP contribution in [0.4, 0.5) is 5.82 Å². The molecule has 200 valence electrons. The number of azide groups is 1. The molecule has 0 unspecified atom stereocenters. The molecule has 1 fully saturated rings. The number of aromatic nitrogens is 4. The van der Waals surface area contributed by atoms with Crippen molar-refractivity contribution in [3.05, 3.63) is 22.6 Å². The van der Waals surface area contributed by atoms with Gasteiger partial charge in [0.2, 0.25) is 0 Å². The number of nitrogens with zero attached hydrogens (tertiary/aromatic N) is 7. The number of hydrogen-bond donors (Lipinski definition) is 1. The summed E-state index contributed by atoms with van der Waals surface area (Å²) in [5, 5.41) is 4.20. The van der Waals surface area contributed by atoms with Gasteiger partial charge in [-0.1, -0.05) is 46.7 Å². The van der Waals surface area contributed by atoms with Crippen molar-refractivity contribution in [3.8, 4) is 0 Å². The lowest BCUT2D eigenvalue weighted by Crippen LogP contribution is -2.50. The first-order valence-electron chi connectivity index (χ1n) is 12.4. The van der Waals surface area contributed by atoms with Gasteiger partial charge in [0, 0.05) is 4.91 Å². The summed E-state index contributed by atoms with van der Waals surface area (Å²) in [5.74, 6) is 0.921. The van der Waals surface area contributed by atoms with Crippen LogP contribution in [0.5, 0.6) is 0 Å². The monoisotopic (exact) mass is 534 g/mol. The number of nitrogen functional groups attached to an aromatic ring is 1. The van der Waals surface area contributed by atoms with Crippen LogP contribution in [0.3, 0.4) is 0 Å². The minimum Gasteiger partial charge on any atom is -0.414 e. The first-order valence-corrected chi connectivity index (χ1v) is 18.2. The summed E-state index contributed by atoms with van der Waals surface area (Å²) in [5.41, 5.74) is 16.6. The van der Waals surface area contributed by atoms with Crippen LogP contribution < -0.4 is 5.73 Å². The molecule has 11 nitrogen and oxygen atoms in total. The molecule has 3 heterocycles. The van der Waals surface area contributed by atoms with Crippen LogP contribution in [0.2, 0.25) is 36.3 Å². The predicted octanol–water partition coefficient (Wildman–Crippen LogP) is 5.71. The molecule has 0 spiro atoms. The topological polar surface area (TPSA) is 146 Å². The normalized spacial score (nSPS) is 23.8. The zero-order valence-electron chi connectivity index (χ0n) is 23.5. The zero-order valence-corrected chi connectivity index (χ0v) is 25.5. The van der Waals surface area contributed by atoms with Crippen molar-refractivity contribution in [2.45, 2.75) is 109 Å². The molecule has 1 aliphatic rings. The molecular formula is C23H42N8O3Si2. The summed E-state index contributed by atoms with van der Waals surface area (Å²) in [6.45, 7) is 24.1. The second-order valence-electron chi connectivity index (χ2n) is 12.6. The Morgan fingerprint density at radius 3 is 2.28 bits per heavy atom. The summed E-state index contributed by atoms with van der Waals surface area (Å²) in [4.78, 5) is 16.2. The van der Waals surface area contributed by atoms with Gasteiger partial charge in [-0.15, -0.1) is 0 Å². The average Bonchev–Trinajstić information content (AvgIpc) is 3.23. The Bertz CT molecular complexity index is 1150. The van der Waals surface area contributed by atoms with Crippen LogP contribution in [0.25, 0.3) is 21.6 Å². The molecule has 3 rings (SSSR count). The highest BCUT2D eigenvalue weighted by Gasteiger charge is 2.52. The highest BCUT2D eigenvalue weighted by atomic mass is 28.4. The van der Waals surface area contributed by atoms with Crippen molar-refractivity contribution in [2.24, 2.45) is 5.11 Å². The van der Waals surface area contributed by atoms with Crippen LogP contribution in [0.15, 0.2) is 11.4 Å². The molecule has 13 heteroatoms. The molecule has 2 aromatic rings. The van der Waals surface area contributed by atoms with Crippen LogP contribution in [-0.4, -0.2) is 61.0 Å². The fourth-order valence-electron chi connectivity index (χ4n) is 3.76. The smallest absolute Gasteiger partial charge is 0.192 e. The Morgan fingerprint density at radius 2 is 1.72 bits per heavy atom. The molecule has 2 N–H and O–H groups in total. The van der Waals surface area contributed by atoms with Crippen molar-refractivity contribution in [1.82, 2.24) is 19.5 Å². The Morgan fingerprint density at radius 1 is 1.11 bits per heavy atom. The van der Waals surface area contributed by atoms with E-state index < -0.39 is 41.1 Å². The van der Waals surface area contributed by atoms with E-state index in [9.17, 15) is 5.53 Å². The van der Waals surface area contributed by atoms with Crippen molar-refractivity contribution in [1.29, 1.82) is 0 Å². The lowest BCUT2D eigenvalue weighted by molar-refractivity contribution is -0.0396. The Labute approximate surface area is 216 Å². The third kappa shape index (κ3) is 5.31. The van der Waals surface area contributed by atoms with E-state index in [-0.39, 0.29) is 15.9 Å². The quantitative estimate of drug-likeness (QED) is 0.207. The number of hydrogen-bond acceptors (Lipinski definition) is 8. The summed E-state index contributed by atoms with van der Waals surface area (Å²) >= 11 is 0. The highest BCUT2D eigenvalue weighted by Crippen LogP contribution is 2.44. The second-order valence-corrected chi connectivity index (χ2v) is 22.2. The lowest BCUT2D eigenvalue weighted by atomic mass is 10.1. The van der Waals surface area contributed by atoms with E-state index >= 15 is 0 Å². The van der Waals surface area contributed by atoms with Gasteiger partial charge < -0.3 is 19.3 Å². The van der Waals surface area contributed by atoms with E-state index in [0.717, 1.165) is 0 Å². The molecule has 0 aliphatic carbocycles. The van der Waals surface area contributed by atoms with Gasteiger partial charge in [-0.3, -0.25) is 4.57 Å².